The Balaban J connectivity index is 1.79. The van der Waals surface area contributed by atoms with Gasteiger partial charge in [0.1, 0.15) is 6.04 Å². The molecule has 2 amide bonds. The van der Waals surface area contributed by atoms with Crippen LogP contribution in [-0.4, -0.2) is 28.8 Å². The lowest BCUT2D eigenvalue weighted by Gasteiger charge is -2.31. The molecule has 2 aromatic carbocycles. The molecule has 7 heteroatoms. The minimum absolute atomic E-state index is 0.113. The van der Waals surface area contributed by atoms with E-state index < -0.39 is 6.04 Å². The van der Waals surface area contributed by atoms with Gasteiger partial charge in [-0.3, -0.25) is 9.59 Å². The fourth-order valence-corrected chi connectivity index (χ4v) is 4.42. The number of carbonyl (C=O) groups is 2. The maximum atomic E-state index is 13.3. The highest BCUT2D eigenvalue weighted by Gasteiger charge is 2.28. The predicted molar refractivity (Wildman–Crippen MR) is 127 cm³/mol. The van der Waals surface area contributed by atoms with Crippen molar-refractivity contribution in [2.45, 2.75) is 64.1 Å². The zero-order valence-corrected chi connectivity index (χ0v) is 19.8. The van der Waals surface area contributed by atoms with Crippen LogP contribution in [0.2, 0.25) is 15.1 Å². The van der Waals surface area contributed by atoms with E-state index in [-0.39, 0.29) is 30.8 Å². The normalized spacial score (nSPS) is 15.4. The Labute approximate surface area is 198 Å². The van der Waals surface area contributed by atoms with Gasteiger partial charge in [-0.1, -0.05) is 78.3 Å². The molecule has 2 aromatic rings. The van der Waals surface area contributed by atoms with E-state index in [1.165, 1.54) is 6.42 Å². The molecule has 3 rings (SSSR count). The molecule has 0 heterocycles. The van der Waals surface area contributed by atoms with Crippen LogP contribution in [0.15, 0.2) is 42.5 Å². The summed E-state index contributed by atoms with van der Waals surface area (Å²) < 4.78 is 0. The third kappa shape index (κ3) is 6.61. The molecule has 1 aliphatic rings. The topological polar surface area (TPSA) is 49.4 Å². The lowest BCUT2D eigenvalue weighted by molar-refractivity contribution is -0.140. The SMILES string of the molecule is C[C@@H](C(=O)NC1CCCCC1)N(Cc1ccc(Cl)c(Cl)c1)C(=O)Cc1ccccc1Cl. The molecule has 0 bridgehead atoms. The number of hydrogen-bond acceptors (Lipinski definition) is 2. The van der Waals surface area contributed by atoms with Crippen LogP contribution < -0.4 is 5.32 Å². The van der Waals surface area contributed by atoms with E-state index in [4.69, 9.17) is 34.8 Å². The van der Waals surface area contributed by atoms with E-state index in [1.54, 1.807) is 30.0 Å². The van der Waals surface area contributed by atoms with Gasteiger partial charge in [0.05, 0.1) is 16.5 Å². The Kier molecular flexibility index (Phi) is 8.65. The zero-order chi connectivity index (χ0) is 22.4. The van der Waals surface area contributed by atoms with E-state index in [9.17, 15) is 9.59 Å². The standard InChI is InChI=1S/C24H27Cl3N2O2/c1-16(24(31)28-19-8-3-2-4-9-19)29(15-17-11-12-21(26)22(27)13-17)23(30)14-18-7-5-6-10-20(18)25/h5-7,10-13,16,19H,2-4,8-9,14-15H2,1H3,(H,28,31)/t16-/m0/s1. The first-order chi connectivity index (χ1) is 14.8. The Morgan fingerprint density at radius 2 is 1.71 bits per heavy atom. The summed E-state index contributed by atoms with van der Waals surface area (Å²) in [6.07, 6.45) is 5.54. The monoisotopic (exact) mass is 480 g/mol. The minimum Gasteiger partial charge on any atom is -0.352 e. The molecule has 0 unspecified atom stereocenters. The second-order valence-corrected chi connectivity index (χ2v) is 9.28. The maximum Gasteiger partial charge on any atom is 0.242 e. The average Bonchev–Trinajstić information content (AvgIpc) is 2.76. The molecule has 0 spiro atoms. The second kappa shape index (κ2) is 11.2. The first kappa shape index (κ1) is 23.9. The van der Waals surface area contributed by atoms with E-state index in [0.29, 0.717) is 15.1 Å². The van der Waals surface area contributed by atoms with Crippen molar-refractivity contribution in [2.24, 2.45) is 0 Å². The number of halogens is 3. The molecule has 1 saturated carbocycles. The first-order valence-electron chi connectivity index (χ1n) is 10.6. The summed E-state index contributed by atoms with van der Waals surface area (Å²) in [5.41, 5.74) is 1.53. The van der Waals surface area contributed by atoms with E-state index in [2.05, 4.69) is 5.32 Å². The highest BCUT2D eigenvalue weighted by Crippen LogP contribution is 2.25. The molecule has 0 saturated heterocycles. The molecular weight excluding hydrogens is 455 g/mol. The lowest BCUT2D eigenvalue weighted by atomic mass is 9.95. The zero-order valence-electron chi connectivity index (χ0n) is 17.5. The number of carbonyl (C=O) groups excluding carboxylic acids is 2. The largest absolute Gasteiger partial charge is 0.352 e. The van der Waals surface area contributed by atoms with Gasteiger partial charge in [0.25, 0.3) is 0 Å². The molecule has 0 aromatic heterocycles. The molecule has 0 aliphatic heterocycles. The number of nitrogens with zero attached hydrogens (tertiary/aromatic N) is 1. The minimum atomic E-state index is -0.633. The molecule has 1 aliphatic carbocycles. The number of hydrogen-bond donors (Lipinski definition) is 1. The molecule has 0 radical (unpaired) electrons. The number of rotatable bonds is 7. The van der Waals surface area contributed by atoms with Gasteiger partial charge in [-0.2, -0.15) is 0 Å². The van der Waals surface area contributed by atoms with Crippen LogP contribution in [0, 0.1) is 0 Å². The van der Waals surface area contributed by atoms with Gasteiger partial charge in [0.2, 0.25) is 11.8 Å². The van der Waals surface area contributed by atoms with Crippen molar-refractivity contribution in [3.63, 3.8) is 0 Å². The van der Waals surface area contributed by atoms with Crippen molar-refractivity contribution in [2.75, 3.05) is 0 Å². The number of benzene rings is 2. The summed E-state index contributed by atoms with van der Waals surface area (Å²) in [6.45, 7) is 2.01. The van der Waals surface area contributed by atoms with E-state index >= 15 is 0 Å². The fourth-order valence-electron chi connectivity index (χ4n) is 3.89. The molecular formula is C24H27Cl3N2O2. The van der Waals surface area contributed by atoms with Crippen molar-refractivity contribution in [3.05, 3.63) is 68.7 Å². The van der Waals surface area contributed by atoms with Crippen molar-refractivity contribution in [3.8, 4) is 0 Å². The third-order valence-corrected chi connectivity index (χ3v) is 6.86. The van der Waals surface area contributed by atoms with E-state index in [0.717, 1.165) is 36.8 Å². The summed E-state index contributed by atoms with van der Waals surface area (Å²) in [5.74, 6) is -0.315. The number of nitrogens with one attached hydrogen (secondary N) is 1. The molecule has 31 heavy (non-hydrogen) atoms. The van der Waals surface area contributed by atoms with Crippen LogP contribution in [-0.2, 0) is 22.6 Å². The van der Waals surface area contributed by atoms with E-state index in [1.807, 2.05) is 24.3 Å². The molecule has 1 atom stereocenters. The summed E-state index contributed by atoms with van der Waals surface area (Å²) in [7, 11) is 0. The molecule has 4 nitrogen and oxygen atoms in total. The first-order valence-corrected chi connectivity index (χ1v) is 11.8. The van der Waals surface area contributed by atoms with Crippen LogP contribution in [0.5, 0.6) is 0 Å². The molecule has 166 valence electrons. The highest BCUT2D eigenvalue weighted by atomic mass is 35.5. The lowest BCUT2D eigenvalue weighted by Crippen LogP contribution is -2.50. The third-order valence-electron chi connectivity index (χ3n) is 5.76. The summed E-state index contributed by atoms with van der Waals surface area (Å²) >= 11 is 18.5. The summed E-state index contributed by atoms with van der Waals surface area (Å²) in [6, 6.07) is 12.0. The van der Waals surface area contributed by atoms with Gasteiger partial charge < -0.3 is 10.2 Å². The van der Waals surface area contributed by atoms with Gasteiger partial charge in [0, 0.05) is 17.6 Å². The van der Waals surface area contributed by atoms with Gasteiger partial charge >= 0.3 is 0 Å². The fraction of sp³-hybridized carbons (Fsp3) is 0.417. The van der Waals surface area contributed by atoms with Crippen LogP contribution in [0.1, 0.15) is 50.2 Å². The Bertz CT molecular complexity index is 929. The van der Waals surface area contributed by atoms with Gasteiger partial charge in [-0.15, -0.1) is 0 Å². The van der Waals surface area contributed by atoms with Crippen LogP contribution in [0.25, 0.3) is 0 Å². The van der Waals surface area contributed by atoms with Crippen molar-refractivity contribution in [1.82, 2.24) is 10.2 Å². The van der Waals surface area contributed by atoms with Gasteiger partial charge in [0.15, 0.2) is 0 Å². The number of amides is 2. The average molecular weight is 482 g/mol. The van der Waals surface area contributed by atoms with Crippen LogP contribution in [0.4, 0.5) is 0 Å². The molecule has 1 N–H and O–H groups in total. The Morgan fingerprint density at radius 1 is 1.00 bits per heavy atom. The van der Waals surface area contributed by atoms with Gasteiger partial charge in [-0.25, -0.2) is 0 Å². The van der Waals surface area contributed by atoms with Crippen molar-refractivity contribution >= 4 is 46.6 Å². The van der Waals surface area contributed by atoms with Gasteiger partial charge in [-0.05, 0) is 49.1 Å². The van der Waals surface area contributed by atoms with Crippen LogP contribution in [0.3, 0.4) is 0 Å². The van der Waals surface area contributed by atoms with Crippen LogP contribution >= 0.6 is 34.8 Å². The highest BCUT2D eigenvalue weighted by molar-refractivity contribution is 6.42. The molecule has 1 fully saturated rings. The quantitative estimate of drug-likeness (QED) is 0.523. The predicted octanol–water partition coefficient (Wildman–Crippen LogP) is 6.06. The summed E-state index contributed by atoms with van der Waals surface area (Å²) in [5, 5.41) is 4.52. The van der Waals surface area contributed by atoms with Crippen molar-refractivity contribution in [1.29, 1.82) is 0 Å². The second-order valence-electron chi connectivity index (χ2n) is 8.06. The Hall–Kier alpha value is -1.75. The Morgan fingerprint density at radius 3 is 2.39 bits per heavy atom. The smallest absolute Gasteiger partial charge is 0.242 e. The van der Waals surface area contributed by atoms with Crippen molar-refractivity contribution < 1.29 is 9.59 Å². The summed E-state index contributed by atoms with van der Waals surface area (Å²) in [4.78, 5) is 27.9. The maximum absolute atomic E-state index is 13.3.